The number of fused-ring (bicyclic) bond motifs is 1. The van der Waals surface area contributed by atoms with E-state index in [1.807, 2.05) is 18.2 Å². The van der Waals surface area contributed by atoms with E-state index >= 15 is 0 Å². The van der Waals surface area contributed by atoms with Crippen molar-refractivity contribution in [3.05, 3.63) is 52.6 Å². The topological polar surface area (TPSA) is 74.8 Å². The van der Waals surface area contributed by atoms with E-state index in [1.54, 1.807) is 6.07 Å². The van der Waals surface area contributed by atoms with Crippen LogP contribution >= 0.6 is 0 Å². The van der Waals surface area contributed by atoms with E-state index < -0.39 is 0 Å². The van der Waals surface area contributed by atoms with Crippen molar-refractivity contribution in [1.82, 2.24) is 15.3 Å². The molecule has 0 aliphatic heterocycles. The lowest BCUT2D eigenvalue weighted by atomic mass is 9.81. The average molecular weight is 365 g/mol. The predicted molar refractivity (Wildman–Crippen MR) is 107 cm³/mol. The fraction of sp³-hybridized carbons (Fsp3) is 0.500. The average Bonchev–Trinajstić information content (AvgIpc) is 2.96. The number of carbonyl (C=O) groups excluding carboxylic acids is 1. The van der Waals surface area contributed by atoms with Crippen molar-refractivity contribution in [2.45, 2.75) is 63.3 Å². The Kier molecular flexibility index (Phi) is 5.37. The molecule has 142 valence electrons. The maximum Gasteiger partial charge on any atom is 0.258 e. The summed E-state index contributed by atoms with van der Waals surface area (Å²) in [4.78, 5) is 33.1. The molecule has 2 unspecified atom stereocenters. The van der Waals surface area contributed by atoms with Gasteiger partial charge in [0.05, 0.1) is 16.8 Å². The standard InChI is InChI=1S/C22H27N3O2/c26-21(23-15-9-3-1-2-4-10-15)17-12-6-5-11-16(17)20-24-19-14-8-7-13-18(19)22(27)25-20/h5-8,13-17H,1-4,9-12H2,(H,23,26)(H,24,25,27). The van der Waals surface area contributed by atoms with E-state index in [0.29, 0.717) is 23.1 Å². The zero-order valence-corrected chi connectivity index (χ0v) is 15.6. The summed E-state index contributed by atoms with van der Waals surface area (Å²) in [5.41, 5.74) is 0.557. The third-order valence-corrected chi connectivity index (χ3v) is 5.95. The first-order valence-electron chi connectivity index (χ1n) is 10.2. The van der Waals surface area contributed by atoms with Crippen LogP contribution in [0.3, 0.4) is 0 Å². The van der Waals surface area contributed by atoms with E-state index in [-0.39, 0.29) is 29.3 Å². The summed E-state index contributed by atoms with van der Waals surface area (Å²) in [5, 5.41) is 3.88. The molecule has 1 heterocycles. The quantitative estimate of drug-likeness (QED) is 0.641. The lowest BCUT2D eigenvalue weighted by Gasteiger charge is -2.29. The first-order valence-corrected chi connectivity index (χ1v) is 10.2. The molecule has 27 heavy (non-hydrogen) atoms. The van der Waals surface area contributed by atoms with E-state index in [4.69, 9.17) is 0 Å². The van der Waals surface area contributed by atoms with E-state index in [2.05, 4.69) is 27.4 Å². The Bertz CT molecular complexity index is 894. The maximum absolute atomic E-state index is 13.0. The molecule has 0 spiro atoms. The summed E-state index contributed by atoms with van der Waals surface area (Å²) in [6, 6.07) is 7.64. The monoisotopic (exact) mass is 365 g/mol. The van der Waals surface area contributed by atoms with Crippen molar-refractivity contribution in [2.24, 2.45) is 5.92 Å². The van der Waals surface area contributed by atoms with Gasteiger partial charge in [-0.3, -0.25) is 9.59 Å². The summed E-state index contributed by atoms with van der Waals surface area (Å²) >= 11 is 0. The highest BCUT2D eigenvalue weighted by Gasteiger charge is 2.33. The van der Waals surface area contributed by atoms with Crippen LogP contribution < -0.4 is 10.9 Å². The van der Waals surface area contributed by atoms with Gasteiger partial charge in [0.25, 0.3) is 5.56 Å². The molecule has 0 radical (unpaired) electrons. The number of aromatic amines is 1. The lowest BCUT2D eigenvalue weighted by Crippen LogP contribution is -2.41. The second kappa shape index (κ2) is 8.07. The van der Waals surface area contributed by atoms with Gasteiger partial charge in [-0.25, -0.2) is 4.98 Å². The van der Waals surface area contributed by atoms with Crippen LogP contribution in [0.4, 0.5) is 0 Å². The molecular formula is C22H27N3O2. The Morgan fingerprint density at radius 2 is 1.78 bits per heavy atom. The van der Waals surface area contributed by atoms with Crippen molar-refractivity contribution < 1.29 is 4.79 Å². The molecule has 1 fully saturated rings. The Balaban J connectivity index is 1.58. The molecule has 0 saturated heterocycles. The number of H-pyrrole nitrogens is 1. The number of nitrogens with one attached hydrogen (secondary N) is 2. The maximum atomic E-state index is 13.0. The minimum absolute atomic E-state index is 0.0851. The molecule has 1 amide bonds. The minimum Gasteiger partial charge on any atom is -0.353 e. The molecule has 2 aliphatic rings. The first kappa shape index (κ1) is 18.0. The van der Waals surface area contributed by atoms with E-state index in [1.165, 1.54) is 25.7 Å². The highest BCUT2D eigenvalue weighted by atomic mass is 16.2. The third-order valence-electron chi connectivity index (χ3n) is 5.95. The van der Waals surface area contributed by atoms with Crippen molar-refractivity contribution in [3.8, 4) is 0 Å². The van der Waals surface area contributed by atoms with Crippen molar-refractivity contribution in [1.29, 1.82) is 0 Å². The van der Waals surface area contributed by atoms with Crippen molar-refractivity contribution in [2.75, 3.05) is 0 Å². The van der Waals surface area contributed by atoms with Crippen LogP contribution in [0.1, 0.15) is 63.1 Å². The number of nitrogens with zero attached hydrogens (tertiary/aromatic N) is 1. The van der Waals surface area contributed by atoms with E-state index in [9.17, 15) is 9.59 Å². The number of benzene rings is 1. The predicted octanol–water partition coefficient (Wildman–Crippen LogP) is 3.81. The van der Waals surface area contributed by atoms with Crippen LogP contribution in [0, 0.1) is 5.92 Å². The Hall–Kier alpha value is -2.43. The smallest absolute Gasteiger partial charge is 0.258 e. The van der Waals surface area contributed by atoms with Gasteiger partial charge >= 0.3 is 0 Å². The van der Waals surface area contributed by atoms with Gasteiger partial charge < -0.3 is 10.3 Å². The fourth-order valence-electron chi connectivity index (χ4n) is 4.42. The second-order valence-electron chi connectivity index (χ2n) is 7.82. The highest BCUT2D eigenvalue weighted by molar-refractivity contribution is 5.81. The molecule has 4 rings (SSSR count). The van der Waals surface area contributed by atoms with Crippen molar-refractivity contribution >= 4 is 16.8 Å². The summed E-state index contributed by atoms with van der Waals surface area (Å²) in [7, 11) is 0. The van der Waals surface area contributed by atoms with Gasteiger partial charge in [-0.15, -0.1) is 0 Å². The molecule has 2 N–H and O–H groups in total. The Morgan fingerprint density at radius 3 is 2.59 bits per heavy atom. The van der Waals surface area contributed by atoms with Gasteiger partial charge in [0.2, 0.25) is 5.91 Å². The van der Waals surface area contributed by atoms with Gasteiger partial charge in [-0.2, -0.15) is 0 Å². The highest BCUT2D eigenvalue weighted by Crippen LogP contribution is 2.33. The largest absolute Gasteiger partial charge is 0.353 e. The summed E-state index contributed by atoms with van der Waals surface area (Å²) in [6.07, 6.45) is 12.7. The SMILES string of the molecule is O=C(NC1CCCCCC1)C1CC=CCC1c1nc2ccccc2c(=O)[nH]1. The zero-order valence-electron chi connectivity index (χ0n) is 15.6. The first-order chi connectivity index (χ1) is 13.2. The number of para-hydroxylation sites is 1. The Labute approximate surface area is 159 Å². The zero-order chi connectivity index (χ0) is 18.6. The molecule has 0 bridgehead atoms. The molecule has 1 aromatic heterocycles. The van der Waals surface area contributed by atoms with Crippen LogP contribution in [0.25, 0.3) is 10.9 Å². The number of allylic oxidation sites excluding steroid dienone is 2. The second-order valence-corrected chi connectivity index (χ2v) is 7.82. The number of carbonyl (C=O) groups is 1. The van der Waals surface area contributed by atoms with Crippen LogP contribution in [-0.4, -0.2) is 21.9 Å². The Morgan fingerprint density at radius 1 is 1.04 bits per heavy atom. The third kappa shape index (κ3) is 3.97. The van der Waals surface area contributed by atoms with Crippen LogP contribution in [-0.2, 0) is 4.79 Å². The lowest BCUT2D eigenvalue weighted by molar-refractivity contribution is -0.126. The molecular weight excluding hydrogens is 338 g/mol. The number of hydrogen-bond donors (Lipinski definition) is 2. The number of aromatic nitrogens is 2. The number of rotatable bonds is 3. The molecule has 5 heteroatoms. The van der Waals surface area contributed by atoms with Gasteiger partial charge in [-0.05, 0) is 37.8 Å². The number of amides is 1. The van der Waals surface area contributed by atoms with Crippen LogP contribution in [0.2, 0.25) is 0 Å². The van der Waals surface area contributed by atoms with Gasteiger partial charge in [0.1, 0.15) is 5.82 Å². The van der Waals surface area contributed by atoms with Crippen LogP contribution in [0.5, 0.6) is 0 Å². The van der Waals surface area contributed by atoms with E-state index in [0.717, 1.165) is 19.3 Å². The number of hydrogen-bond acceptors (Lipinski definition) is 3. The normalized spacial score (nSPS) is 23.9. The molecule has 2 atom stereocenters. The van der Waals surface area contributed by atoms with Gasteiger partial charge in [0.15, 0.2) is 0 Å². The van der Waals surface area contributed by atoms with Crippen LogP contribution in [0.15, 0.2) is 41.2 Å². The molecule has 2 aliphatic carbocycles. The van der Waals surface area contributed by atoms with Crippen molar-refractivity contribution in [3.63, 3.8) is 0 Å². The fourth-order valence-corrected chi connectivity index (χ4v) is 4.42. The molecule has 2 aromatic rings. The molecule has 1 saturated carbocycles. The minimum atomic E-state index is -0.178. The van der Waals surface area contributed by atoms with Gasteiger partial charge in [-0.1, -0.05) is 50.0 Å². The summed E-state index contributed by atoms with van der Waals surface area (Å²) < 4.78 is 0. The molecule has 1 aromatic carbocycles. The summed E-state index contributed by atoms with van der Waals surface area (Å²) in [5.74, 6) is 0.469. The summed E-state index contributed by atoms with van der Waals surface area (Å²) in [6.45, 7) is 0. The van der Waals surface area contributed by atoms with Gasteiger partial charge in [0, 0.05) is 12.0 Å². The molecule has 5 nitrogen and oxygen atoms in total.